The summed E-state index contributed by atoms with van der Waals surface area (Å²) in [5.41, 5.74) is 0.363. The van der Waals surface area contributed by atoms with Crippen LogP contribution in [-0.4, -0.2) is 82.4 Å². The smallest absolute Gasteiger partial charge is 0.293 e. The lowest BCUT2D eigenvalue weighted by atomic mass is 9.73. The first-order valence-electron chi connectivity index (χ1n) is 19.0. The zero-order chi connectivity index (χ0) is 42.9. The number of nitriles is 1. The second kappa shape index (κ2) is 15.2. The molecule has 4 atom stereocenters. The molecule has 2 aliphatic carbocycles. The number of hydrogen-bond acceptors (Lipinski definition) is 9. The van der Waals surface area contributed by atoms with Gasteiger partial charge >= 0.3 is 0 Å². The number of rotatable bonds is 9. The number of alkyl halides is 2. The van der Waals surface area contributed by atoms with Gasteiger partial charge in [0.05, 0.1) is 40.5 Å². The van der Waals surface area contributed by atoms with E-state index in [4.69, 9.17) is 21.3 Å². The molecule has 1 aliphatic heterocycles. The molecule has 19 heteroatoms. The van der Waals surface area contributed by atoms with Crippen LogP contribution in [0.1, 0.15) is 65.6 Å². The number of halogens is 5. The Bertz CT molecular complexity index is 2790. The highest BCUT2D eigenvalue weighted by Crippen LogP contribution is 2.62. The van der Waals surface area contributed by atoms with Gasteiger partial charge < -0.3 is 15.0 Å². The van der Waals surface area contributed by atoms with Gasteiger partial charge in [-0.05, 0) is 81.0 Å². The lowest BCUT2D eigenvalue weighted by Crippen LogP contribution is -2.47. The number of anilines is 1. The van der Waals surface area contributed by atoms with Crippen LogP contribution < -0.4 is 10.0 Å². The van der Waals surface area contributed by atoms with Crippen molar-refractivity contribution in [1.29, 1.82) is 5.26 Å². The fourth-order valence-electron chi connectivity index (χ4n) is 8.61. The molecule has 2 N–H and O–H groups in total. The Morgan fingerprint density at radius 1 is 1.10 bits per heavy atom. The number of hydrogen-bond donors (Lipinski definition) is 2. The van der Waals surface area contributed by atoms with Gasteiger partial charge in [0.25, 0.3) is 5.92 Å². The predicted molar refractivity (Wildman–Crippen MR) is 213 cm³/mol. The standard InChI is InChI=1S/C41H38ClF4N9O4S/c1-40(21-53(2)13-14-59-40)12-11-25-5-6-26(27-8-10-30(42)35-37(27)54(3)51-39(35)52-60(4,57)58)36(48-25)31(17-22-15-23(43)18-24(44)16-22)49-33(56)20-55-38-34(32(19-47)50-55)28-7-9-29(28)41(38,45)46/h5-6,8,10,15-16,18,28-29,31H,7,9,13-14,17,20-21H2,1-4H3,(H,49,56)(H,51,52)/t28?,29-,31+,40-/m1/s1. The molecular formula is C41H38ClF4N9O4S. The van der Waals surface area contributed by atoms with Gasteiger partial charge in [-0.2, -0.15) is 24.2 Å². The summed E-state index contributed by atoms with van der Waals surface area (Å²) in [6.07, 6.45) is 1.47. The Hall–Kier alpha value is -5.53. The number of sulfonamides is 1. The first-order valence-corrected chi connectivity index (χ1v) is 21.2. The van der Waals surface area contributed by atoms with Gasteiger partial charge in [-0.25, -0.2) is 22.2 Å². The molecule has 1 saturated carbocycles. The van der Waals surface area contributed by atoms with E-state index in [0.717, 1.165) is 29.6 Å². The largest absolute Gasteiger partial charge is 0.360 e. The topological polar surface area (TPSA) is 160 Å². The summed E-state index contributed by atoms with van der Waals surface area (Å²) in [5, 5.41) is 21.6. The van der Waals surface area contributed by atoms with Gasteiger partial charge in [0.1, 0.15) is 41.2 Å². The summed E-state index contributed by atoms with van der Waals surface area (Å²) in [4.78, 5) is 21.2. The number of fused-ring (bicyclic) bond motifs is 4. The van der Waals surface area contributed by atoms with Crippen LogP contribution in [0, 0.1) is 40.7 Å². The van der Waals surface area contributed by atoms with Gasteiger partial charge in [0.2, 0.25) is 15.9 Å². The van der Waals surface area contributed by atoms with Gasteiger partial charge in [-0.1, -0.05) is 23.6 Å². The van der Waals surface area contributed by atoms with E-state index < -0.39 is 69.2 Å². The fraction of sp³-hybridized carbons (Fsp3) is 0.390. The number of carbonyl (C=O) groups is 1. The molecule has 2 aromatic carbocycles. The molecule has 0 bridgehead atoms. The number of likely N-dealkylation sites (N-methyl/N-ethyl adjacent to an activating group) is 1. The molecule has 5 aromatic rings. The van der Waals surface area contributed by atoms with Crippen LogP contribution in [0.5, 0.6) is 0 Å². The molecule has 2 fully saturated rings. The summed E-state index contributed by atoms with van der Waals surface area (Å²) in [5.74, 6) is -1.19. The number of carbonyl (C=O) groups excluding carboxylic acids is 1. The van der Waals surface area contributed by atoms with Gasteiger partial charge in [0, 0.05) is 48.8 Å². The van der Waals surface area contributed by atoms with Crippen molar-refractivity contribution in [2.75, 3.05) is 37.7 Å². The minimum absolute atomic E-state index is 0.0432. The van der Waals surface area contributed by atoms with Crippen molar-refractivity contribution < 1.29 is 35.5 Å². The molecule has 3 aliphatic rings. The molecule has 1 saturated heterocycles. The van der Waals surface area contributed by atoms with Crippen LogP contribution in [0.4, 0.5) is 23.4 Å². The third-order valence-corrected chi connectivity index (χ3v) is 12.1. The maximum Gasteiger partial charge on any atom is 0.293 e. The molecule has 60 heavy (non-hydrogen) atoms. The monoisotopic (exact) mass is 863 g/mol. The maximum absolute atomic E-state index is 15.7. The number of nitrogens with zero attached hydrogens (tertiary/aromatic N) is 7. The van der Waals surface area contributed by atoms with Crippen LogP contribution in [0.15, 0.2) is 42.5 Å². The number of morpholine rings is 1. The van der Waals surface area contributed by atoms with Crippen molar-refractivity contribution >= 4 is 44.3 Å². The number of benzene rings is 2. The molecule has 1 amide bonds. The van der Waals surface area contributed by atoms with Crippen molar-refractivity contribution in [3.8, 4) is 29.0 Å². The zero-order valence-electron chi connectivity index (χ0n) is 32.8. The molecule has 13 nitrogen and oxygen atoms in total. The third-order valence-electron chi connectivity index (χ3n) is 11.2. The molecule has 4 heterocycles. The summed E-state index contributed by atoms with van der Waals surface area (Å²) >= 11 is 6.66. The third kappa shape index (κ3) is 7.69. The van der Waals surface area contributed by atoms with Gasteiger partial charge in [-0.3, -0.25) is 18.9 Å². The Morgan fingerprint density at radius 3 is 2.50 bits per heavy atom. The number of nitrogens with one attached hydrogen (secondary N) is 2. The van der Waals surface area contributed by atoms with Crippen LogP contribution in [0.3, 0.4) is 0 Å². The van der Waals surface area contributed by atoms with Gasteiger partial charge in [-0.15, -0.1) is 0 Å². The summed E-state index contributed by atoms with van der Waals surface area (Å²) in [6.45, 7) is 2.82. The summed E-state index contributed by atoms with van der Waals surface area (Å²) in [6, 6.07) is 10.1. The highest BCUT2D eigenvalue weighted by molar-refractivity contribution is 7.92. The lowest BCUT2D eigenvalue weighted by Gasteiger charge is -2.35. The van der Waals surface area contributed by atoms with Crippen LogP contribution >= 0.6 is 11.6 Å². The molecule has 0 spiro atoms. The highest BCUT2D eigenvalue weighted by Gasteiger charge is 2.61. The summed E-state index contributed by atoms with van der Waals surface area (Å²) in [7, 11) is -0.273. The molecule has 0 radical (unpaired) electrons. The molecule has 312 valence electrons. The Morgan fingerprint density at radius 2 is 1.83 bits per heavy atom. The number of amides is 1. The molecular weight excluding hydrogens is 826 g/mol. The number of ether oxygens (including phenoxy) is 1. The predicted octanol–water partition coefficient (Wildman–Crippen LogP) is 5.78. The molecule has 1 unspecified atom stereocenters. The average Bonchev–Trinajstić information content (AvgIpc) is 3.70. The van der Waals surface area contributed by atoms with E-state index >= 15 is 8.78 Å². The molecule has 3 aromatic heterocycles. The second-order valence-electron chi connectivity index (χ2n) is 15.8. The van der Waals surface area contributed by atoms with E-state index in [1.54, 1.807) is 25.2 Å². The second-order valence-corrected chi connectivity index (χ2v) is 17.9. The Balaban J connectivity index is 1.28. The normalized spacial score (nSPS) is 21.3. The first kappa shape index (κ1) is 41.2. The van der Waals surface area contributed by atoms with E-state index in [-0.39, 0.29) is 57.3 Å². The minimum atomic E-state index is -3.80. The van der Waals surface area contributed by atoms with Crippen molar-refractivity contribution in [1.82, 2.24) is 34.8 Å². The van der Waals surface area contributed by atoms with Crippen molar-refractivity contribution in [2.24, 2.45) is 13.0 Å². The fourth-order valence-corrected chi connectivity index (χ4v) is 9.34. The van der Waals surface area contributed by atoms with E-state index in [2.05, 4.69) is 37.0 Å². The first-order chi connectivity index (χ1) is 28.3. The number of aryl methyl sites for hydroxylation is 1. The van der Waals surface area contributed by atoms with Crippen molar-refractivity contribution in [3.63, 3.8) is 0 Å². The minimum Gasteiger partial charge on any atom is -0.360 e. The van der Waals surface area contributed by atoms with Crippen molar-refractivity contribution in [3.05, 3.63) is 93.0 Å². The Kier molecular flexibility index (Phi) is 10.4. The van der Waals surface area contributed by atoms with E-state index in [1.807, 2.05) is 20.0 Å². The van der Waals surface area contributed by atoms with E-state index in [0.29, 0.717) is 42.3 Å². The summed E-state index contributed by atoms with van der Waals surface area (Å²) < 4.78 is 96.2. The number of aromatic nitrogens is 5. The quantitative estimate of drug-likeness (QED) is 0.138. The average molecular weight is 864 g/mol. The SMILES string of the molecule is CN1CCO[C@](C)(C#Cc2ccc(-c3ccc(Cl)c4c(NS(C)(=O)=O)nn(C)c34)c([C@H](Cc3cc(F)cc(F)c3)NC(=O)Cn3nc(C#N)c4c3C(F)(F)[C@@H]3CCC43)n2)C1. The van der Waals surface area contributed by atoms with Crippen LogP contribution in [0.25, 0.3) is 22.0 Å². The maximum atomic E-state index is 15.7. The zero-order valence-corrected chi connectivity index (χ0v) is 34.4. The highest BCUT2D eigenvalue weighted by atomic mass is 35.5. The van der Waals surface area contributed by atoms with Gasteiger partial charge in [0.15, 0.2) is 11.5 Å². The lowest BCUT2D eigenvalue weighted by molar-refractivity contribution is -0.123. The van der Waals surface area contributed by atoms with Crippen LogP contribution in [0.2, 0.25) is 5.02 Å². The number of pyridine rings is 1. The molecule has 8 rings (SSSR count). The van der Waals surface area contributed by atoms with E-state index in [1.165, 1.54) is 10.7 Å². The van der Waals surface area contributed by atoms with E-state index in [9.17, 15) is 27.3 Å². The van der Waals surface area contributed by atoms with Crippen LogP contribution in [-0.2, 0) is 45.5 Å². The Labute approximate surface area is 347 Å². The van der Waals surface area contributed by atoms with Crippen molar-refractivity contribution in [2.45, 2.75) is 56.2 Å².